The molecule has 1 N–H and O–H groups in total. The lowest BCUT2D eigenvalue weighted by molar-refractivity contribution is 0.412. The van der Waals surface area contributed by atoms with E-state index in [1.807, 2.05) is 26.0 Å². The highest BCUT2D eigenvalue weighted by atomic mass is 79.9. The first-order valence-corrected chi connectivity index (χ1v) is 6.28. The van der Waals surface area contributed by atoms with Crippen molar-refractivity contribution >= 4 is 26.8 Å². The molecule has 0 aliphatic rings. The van der Waals surface area contributed by atoms with Gasteiger partial charge in [-0.3, -0.25) is 4.79 Å². The molecule has 0 saturated heterocycles. The zero-order chi connectivity index (χ0) is 13.0. The van der Waals surface area contributed by atoms with Crippen LogP contribution in [0.4, 0.5) is 0 Å². The van der Waals surface area contributed by atoms with Crippen LogP contribution in [0.1, 0.15) is 19.4 Å². The van der Waals surface area contributed by atoms with E-state index in [4.69, 9.17) is 4.74 Å². The Morgan fingerprint density at radius 3 is 2.47 bits per heavy atom. The Morgan fingerprint density at radius 1 is 1.24 bits per heavy atom. The molecule has 0 unspecified atom stereocenters. The van der Waals surface area contributed by atoms with E-state index < -0.39 is 0 Å². The molecule has 92 valence electrons. The van der Waals surface area contributed by atoms with Gasteiger partial charge in [-0.05, 0) is 40.4 Å². The standard InChI is InChI=1S/C11H10BrNO2.C2H6/c1-6-3-7-4-8(12)10(15-2)5-9(7)13-11(6)14;1-2/h3-5H,1-2H3,(H,13,14);1-2H3. The third-order valence-corrected chi connectivity index (χ3v) is 2.92. The fraction of sp³-hybridized carbons (Fsp3) is 0.308. The average molecular weight is 298 g/mol. The maximum absolute atomic E-state index is 11.4. The van der Waals surface area contributed by atoms with Gasteiger partial charge in [-0.25, -0.2) is 0 Å². The summed E-state index contributed by atoms with van der Waals surface area (Å²) in [7, 11) is 1.60. The number of methoxy groups -OCH3 is 1. The fourth-order valence-electron chi connectivity index (χ4n) is 1.47. The van der Waals surface area contributed by atoms with Gasteiger partial charge in [0.15, 0.2) is 0 Å². The molecule has 0 radical (unpaired) electrons. The van der Waals surface area contributed by atoms with E-state index in [9.17, 15) is 4.79 Å². The molecule has 0 fully saturated rings. The van der Waals surface area contributed by atoms with Crippen LogP contribution in [0.2, 0.25) is 0 Å². The average Bonchev–Trinajstić information content (AvgIpc) is 2.33. The molecular formula is C13H16BrNO2. The molecule has 0 aliphatic heterocycles. The van der Waals surface area contributed by atoms with Crippen molar-refractivity contribution in [3.63, 3.8) is 0 Å². The largest absolute Gasteiger partial charge is 0.495 e. The quantitative estimate of drug-likeness (QED) is 0.873. The summed E-state index contributed by atoms with van der Waals surface area (Å²) in [6, 6.07) is 5.59. The lowest BCUT2D eigenvalue weighted by Gasteiger charge is -2.05. The fourth-order valence-corrected chi connectivity index (χ4v) is 2.00. The van der Waals surface area contributed by atoms with Gasteiger partial charge >= 0.3 is 0 Å². The first-order chi connectivity index (χ1) is 8.11. The number of aromatic nitrogens is 1. The summed E-state index contributed by atoms with van der Waals surface area (Å²) in [5, 5.41) is 0.986. The molecule has 1 aromatic carbocycles. The number of nitrogens with one attached hydrogen (secondary N) is 1. The monoisotopic (exact) mass is 297 g/mol. The third kappa shape index (κ3) is 2.88. The Kier molecular flexibility index (Phi) is 4.75. The molecule has 0 bridgehead atoms. The summed E-state index contributed by atoms with van der Waals surface area (Å²) in [6.45, 7) is 5.79. The van der Waals surface area contributed by atoms with Crippen LogP contribution in [-0.2, 0) is 0 Å². The summed E-state index contributed by atoms with van der Waals surface area (Å²) >= 11 is 3.40. The molecule has 3 nitrogen and oxygen atoms in total. The van der Waals surface area contributed by atoms with E-state index in [-0.39, 0.29) is 5.56 Å². The molecule has 17 heavy (non-hydrogen) atoms. The van der Waals surface area contributed by atoms with Crippen LogP contribution in [0.3, 0.4) is 0 Å². The van der Waals surface area contributed by atoms with E-state index in [1.165, 1.54) is 0 Å². The Morgan fingerprint density at radius 2 is 1.88 bits per heavy atom. The topological polar surface area (TPSA) is 42.1 Å². The summed E-state index contributed by atoms with van der Waals surface area (Å²) in [5.74, 6) is 0.710. The molecule has 2 rings (SSSR count). The van der Waals surface area contributed by atoms with Crippen LogP contribution in [-0.4, -0.2) is 12.1 Å². The second-order valence-corrected chi connectivity index (χ2v) is 4.21. The lowest BCUT2D eigenvalue weighted by atomic mass is 10.1. The van der Waals surface area contributed by atoms with E-state index in [2.05, 4.69) is 20.9 Å². The minimum absolute atomic E-state index is 0.0631. The van der Waals surface area contributed by atoms with Crippen molar-refractivity contribution < 1.29 is 4.74 Å². The normalized spacial score (nSPS) is 9.71. The molecule has 2 aromatic rings. The van der Waals surface area contributed by atoms with Crippen molar-refractivity contribution in [2.24, 2.45) is 0 Å². The van der Waals surface area contributed by atoms with Gasteiger partial charge in [0.25, 0.3) is 5.56 Å². The van der Waals surface area contributed by atoms with Crippen molar-refractivity contribution in [2.45, 2.75) is 20.8 Å². The first-order valence-electron chi connectivity index (χ1n) is 5.49. The summed E-state index contributed by atoms with van der Waals surface area (Å²) < 4.78 is 6.03. The Bertz CT molecular complexity index is 575. The van der Waals surface area contributed by atoms with E-state index in [0.717, 1.165) is 15.4 Å². The van der Waals surface area contributed by atoms with Gasteiger partial charge in [0.1, 0.15) is 5.75 Å². The second-order valence-electron chi connectivity index (χ2n) is 3.36. The Labute approximate surface area is 109 Å². The second kappa shape index (κ2) is 5.87. The predicted octanol–water partition coefficient (Wildman–Crippen LogP) is 3.63. The molecule has 0 amide bonds. The van der Waals surface area contributed by atoms with Gasteiger partial charge in [0.05, 0.1) is 17.1 Å². The summed E-state index contributed by atoms with van der Waals surface area (Å²) in [4.78, 5) is 14.2. The highest BCUT2D eigenvalue weighted by molar-refractivity contribution is 9.10. The number of aryl methyl sites for hydroxylation is 1. The zero-order valence-electron chi connectivity index (χ0n) is 10.4. The van der Waals surface area contributed by atoms with Crippen molar-refractivity contribution in [3.8, 4) is 5.75 Å². The minimum Gasteiger partial charge on any atom is -0.495 e. The van der Waals surface area contributed by atoms with Gasteiger partial charge in [0.2, 0.25) is 0 Å². The summed E-state index contributed by atoms with van der Waals surface area (Å²) in [6.07, 6.45) is 0. The molecule has 0 atom stereocenters. The number of fused-ring (bicyclic) bond motifs is 1. The van der Waals surface area contributed by atoms with Crippen molar-refractivity contribution in [2.75, 3.05) is 7.11 Å². The Hall–Kier alpha value is -1.29. The SMILES string of the molecule is CC.COc1cc2[nH]c(=O)c(C)cc2cc1Br. The number of hydrogen-bond acceptors (Lipinski definition) is 2. The molecule has 1 aromatic heterocycles. The molecule has 0 spiro atoms. The maximum Gasteiger partial charge on any atom is 0.251 e. The number of halogens is 1. The van der Waals surface area contributed by atoms with Crippen LogP contribution in [0.15, 0.2) is 27.5 Å². The van der Waals surface area contributed by atoms with Crippen molar-refractivity contribution in [1.82, 2.24) is 4.98 Å². The molecule has 1 heterocycles. The highest BCUT2D eigenvalue weighted by Gasteiger charge is 2.04. The molecule has 0 aliphatic carbocycles. The van der Waals surface area contributed by atoms with Gasteiger partial charge in [0, 0.05) is 11.6 Å². The van der Waals surface area contributed by atoms with Gasteiger partial charge in [-0.1, -0.05) is 13.8 Å². The van der Waals surface area contributed by atoms with E-state index in [0.29, 0.717) is 11.3 Å². The molecule has 0 saturated carbocycles. The zero-order valence-corrected chi connectivity index (χ0v) is 12.0. The van der Waals surface area contributed by atoms with Crippen LogP contribution in [0, 0.1) is 6.92 Å². The number of rotatable bonds is 1. The van der Waals surface area contributed by atoms with Crippen molar-refractivity contribution in [3.05, 3.63) is 38.6 Å². The van der Waals surface area contributed by atoms with Crippen molar-refractivity contribution in [1.29, 1.82) is 0 Å². The van der Waals surface area contributed by atoms with E-state index >= 15 is 0 Å². The first kappa shape index (κ1) is 13.8. The van der Waals surface area contributed by atoms with Gasteiger partial charge in [-0.2, -0.15) is 0 Å². The maximum atomic E-state index is 11.4. The Balaban J connectivity index is 0.000000686. The smallest absolute Gasteiger partial charge is 0.251 e. The van der Waals surface area contributed by atoms with Crippen LogP contribution < -0.4 is 10.3 Å². The lowest BCUT2D eigenvalue weighted by Crippen LogP contribution is -2.08. The summed E-state index contributed by atoms with van der Waals surface area (Å²) in [5.41, 5.74) is 1.43. The van der Waals surface area contributed by atoms with Crippen LogP contribution in [0.5, 0.6) is 5.75 Å². The van der Waals surface area contributed by atoms with E-state index in [1.54, 1.807) is 20.1 Å². The van der Waals surface area contributed by atoms with Crippen LogP contribution >= 0.6 is 15.9 Å². The van der Waals surface area contributed by atoms with Gasteiger partial charge < -0.3 is 9.72 Å². The van der Waals surface area contributed by atoms with Crippen LogP contribution in [0.25, 0.3) is 10.9 Å². The number of aromatic amines is 1. The number of hydrogen-bond donors (Lipinski definition) is 1. The number of pyridine rings is 1. The minimum atomic E-state index is -0.0631. The predicted molar refractivity (Wildman–Crippen MR) is 74.9 cm³/mol. The highest BCUT2D eigenvalue weighted by Crippen LogP contribution is 2.28. The number of benzene rings is 1. The molecular weight excluding hydrogens is 282 g/mol. The number of H-pyrrole nitrogens is 1. The number of ether oxygens (including phenoxy) is 1. The molecule has 4 heteroatoms. The van der Waals surface area contributed by atoms with Gasteiger partial charge in [-0.15, -0.1) is 0 Å². The third-order valence-electron chi connectivity index (χ3n) is 2.30.